The Morgan fingerprint density at radius 3 is 2.88 bits per heavy atom. The lowest BCUT2D eigenvalue weighted by Gasteiger charge is -2.33. The number of nitrogens with one attached hydrogen (secondary N) is 2. The number of hydrogen-bond donors (Lipinski definition) is 2. The van der Waals surface area contributed by atoms with Gasteiger partial charge in [-0.15, -0.1) is 0 Å². The van der Waals surface area contributed by atoms with Crippen LogP contribution in [0.5, 0.6) is 0 Å². The maximum atomic E-state index is 4.22. The molecule has 1 fully saturated rings. The first-order chi connectivity index (χ1) is 12.3. The number of fused-ring (bicyclic) bond motifs is 1. The third-order valence-corrected chi connectivity index (χ3v) is 6.10. The second kappa shape index (κ2) is 7.61. The highest BCUT2D eigenvalue weighted by Crippen LogP contribution is 2.33. The van der Waals surface area contributed by atoms with E-state index in [9.17, 15) is 0 Å². The number of aryl methyl sites for hydroxylation is 1. The highest BCUT2D eigenvalue weighted by Gasteiger charge is 2.26. The van der Waals surface area contributed by atoms with Crippen LogP contribution in [0, 0.1) is 12.8 Å². The lowest BCUT2D eigenvalue weighted by molar-refractivity contribution is 0.423. The van der Waals surface area contributed by atoms with E-state index in [0.717, 1.165) is 25.6 Å². The average molecular weight is 338 g/mol. The topological polar surface area (TPSA) is 44.0 Å². The van der Waals surface area contributed by atoms with Crippen molar-refractivity contribution in [3.05, 3.63) is 47.5 Å². The van der Waals surface area contributed by atoms with E-state index in [2.05, 4.69) is 45.3 Å². The summed E-state index contributed by atoms with van der Waals surface area (Å²) < 4.78 is 0. The van der Waals surface area contributed by atoms with Gasteiger partial charge in [-0.05, 0) is 42.9 Å². The normalized spacial score (nSPS) is 21.3. The number of aromatic nitrogens is 2. The second-order valence-electron chi connectivity index (χ2n) is 7.79. The van der Waals surface area contributed by atoms with E-state index in [0.29, 0.717) is 6.04 Å². The summed E-state index contributed by atoms with van der Waals surface area (Å²) in [7, 11) is 0. The summed E-state index contributed by atoms with van der Waals surface area (Å²) in [4.78, 5) is 10.1. The number of imidazole rings is 1. The van der Waals surface area contributed by atoms with Crippen molar-refractivity contribution in [1.29, 1.82) is 0 Å². The molecule has 4 heteroatoms. The Balaban J connectivity index is 1.59. The van der Waals surface area contributed by atoms with Crippen molar-refractivity contribution < 1.29 is 0 Å². The van der Waals surface area contributed by atoms with Gasteiger partial charge in [-0.25, -0.2) is 4.98 Å². The van der Waals surface area contributed by atoms with Crippen LogP contribution in [0.25, 0.3) is 0 Å². The number of anilines is 1. The van der Waals surface area contributed by atoms with Crippen molar-refractivity contribution in [2.24, 2.45) is 5.92 Å². The Kier molecular flexibility index (Phi) is 5.07. The van der Waals surface area contributed by atoms with Crippen LogP contribution >= 0.6 is 0 Å². The highest BCUT2D eigenvalue weighted by atomic mass is 15.2. The molecule has 1 aromatic heterocycles. The molecule has 0 radical (unpaired) electrons. The zero-order valence-corrected chi connectivity index (χ0v) is 15.3. The average Bonchev–Trinajstić information content (AvgIpc) is 3.28. The molecule has 2 aliphatic rings. The van der Waals surface area contributed by atoms with Crippen LogP contribution < -0.4 is 10.2 Å². The molecule has 2 aromatic rings. The minimum Gasteiger partial charge on any atom is -0.361 e. The molecule has 0 saturated heterocycles. The van der Waals surface area contributed by atoms with Gasteiger partial charge in [0.2, 0.25) is 0 Å². The van der Waals surface area contributed by atoms with Crippen LogP contribution in [0.2, 0.25) is 0 Å². The van der Waals surface area contributed by atoms with Crippen molar-refractivity contribution in [3.8, 4) is 0 Å². The minimum atomic E-state index is 0.548. The van der Waals surface area contributed by atoms with Crippen LogP contribution in [0.1, 0.15) is 55.3 Å². The summed E-state index contributed by atoms with van der Waals surface area (Å²) in [6, 6.07) is 7.28. The van der Waals surface area contributed by atoms with Crippen molar-refractivity contribution in [1.82, 2.24) is 15.3 Å². The van der Waals surface area contributed by atoms with Crippen LogP contribution in [0.3, 0.4) is 0 Å². The first-order valence-corrected chi connectivity index (χ1v) is 9.84. The third kappa shape index (κ3) is 3.74. The van der Waals surface area contributed by atoms with E-state index in [1.807, 2.05) is 6.20 Å². The van der Waals surface area contributed by atoms with Gasteiger partial charge < -0.3 is 15.2 Å². The summed E-state index contributed by atoms with van der Waals surface area (Å²) >= 11 is 0. The zero-order valence-electron chi connectivity index (χ0n) is 15.3. The van der Waals surface area contributed by atoms with Gasteiger partial charge in [-0.1, -0.05) is 37.8 Å². The largest absolute Gasteiger partial charge is 0.361 e. The molecular weight excluding hydrogens is 308 g/mol. The van der Waals surface area contributed by atoms with Gasteiger partial charge >= 0.3 is 0 Å². The smallest absolute Gasteiger partial charge is 0.0922 e. The Labute approximate surface area is 151 Å². The summed E-state index contributed by atoms with van der Waals surface area (Å²) in [6.45, 7) is 5.18. The zero-order chi connectivity index (χ0) is 17.1. The van der Waals surface area contributed by atoms with Crippen molar-refractivity contribution >= 4 is 5.69 Å². The van der Waals surface area contributed by atoms with Gasteiger partial charge in [-0.2, -0.15) is 0 Å². The number of H-pyrrole nitrogens is 1. The molecule has 0 amide bonds. The summed E-state index contributed by atoms with van der Waals surface area (Å²) in [5, 5.41) is 3.71. The summed E-state index contributed by atoms with van der Waals surface area (Å²) in [5.41, 5.74) is 5.43. The monoisotopic (exact) mass is 338 g/mol. The third-order valence-electron chi connectivity index (χ3n) is 6.10. The maximum Gasteiger partial charge on any atom is 0.0922 e. The highest BCUT2D eigenvalue weighted by molar-refractivity contribution is 5.58. The predicted octanol–water partition coefficient (Wildman–Crippen LogP) is 4.17. The van der Waals surface area contributed by atoms with Crippen molar-refractivity contribution in [2.75, 3.05) is 11.4 Å². The molecule has 134 valence electrons. The summed E-state index contributed by atoms with van der Waals surface area (Å²) in [6.07, 6.45) is 12.2. The van der Waals surface area contributed by atoms with Gasteiger partial charge in [0.05, 0.1) is 18.6 Å². The lowest BCUT2D eigenvalue weighted by Crippen LogP contribution is -2.40. The molecule has 0 bridgehead atoms. The molecule has 1 saturated carbocycles. The quantitative estimate of drug-likeness (QED) is 0.860. The van der Waals surface area contributed by atoms with E-state index in [1.54, 1.807) is 6.33 Å². The van der Waals surface area contributed by atoms with E-state index in [1.165, 1.54) is 61.0 Å². The fraction of sp³-hybridized carbons (Fsp3) is 0.571. The van der Waals surface area contributed by atoms with Crippen LogP contribution in [0.15, 0.2) is 30.7 Å². The molecule has 0 spiro atoms. The fourth-order valence-corrected chi connectivity index (χ4v) is 4.61. The Bertz CT molecular complexity index is 673. The Morgan fingerprint density at radius 1 is 1.20 bits per heavy atom. The molecule has 0 unspecified atom stereocenters. The number of aromatic amines is 1. The summed E-state index contributed by atoms with van der Waals surface area (Å²) in [5.74, 6) is 0.953. The van der Waals surface area contributed by atoms with E-state index < -0.39 is 0 Å². The molecular formula is C21H30N4. The number of nitrogens with zero attached hydrogens (tertiary/aromatic N) is 2. The van der Waals surface area contributed by atoms with E-state index >= 15 is 0 Å². The standard InChI is InChI=1S/C21H30N4/c1-16-5-4-8-21-20(16)13-22-12-19(10-9-17-6-2-3-7-17)25(21)14-18-11-23-15-24-18/h4-5,8,11,15,17,19,22H,2-3,6-7,9-10,12-14H2,1H3,(H,23,24)/t19-/m0/s1. The van der Waals surface area contributed by atoms with Gasteiger partial charge in [0.25, 0.3) is 0 Å². The molecule has 1 atom stereocenters. The molecule has 1 aliphatic heterocycles. The number of benzene rings is 1. The lowest BCUT2D eigenvalue weighted by atomic mass is 9.97. The molecule has 1 aliphatic carbocycles. The van der Waals surface area contributed by atoms with E-state index in [-0.39, 0.29) is 0 Å². The van der Waals surface area contributed by atoms with Gasteiger partial charge in [0.15, 0.2) is 0 Å². The van der Waals surface area contributed by atoms with Gasteiger partial charge in [0, 0.05) is 31.0 Å². The second-order valence-corrected chi connectivity index (χ2v) is 7.79. The molecule has 4 nitrogen and oxygen atoms in total. The van der Waals surface area contributed by atoms with Gasteiger partial charge in [0.1, 0.15) is 0 Å². The first-order valence-electron chi connectivity index (χ1n) is 9.84. The molecule has 25 heavy (non-hydrogen) atoms. The number of rotatable bonds is 5. The van der Waals surface area contributed by atoms with Crippen molar-refractivity contribution in [2.45, 2.75) is 64.6 Å². The van der Waals surface area contributed by atoms with Crippen LogP contribution in [-0.4, -0.2) is 22.6 Å². The minimum absolute atomic E-state index is 0.548. The fourth-order valence-electron chi connectivity index (χ4n) is 4.61. The van der Waals surface area contributed by atoms with Crippen LogP contribution in [0.4, 0.5) is 5.69 Å². The van der Waals surface area contributed by atoms with E-state index in [4.69, 9.17) is 0 Å². The molecule has 2 N–H and O–H groups in total. The SMILES string of the molecule is Cc1cccc2c1CNC[C@H](CCC1CCCC1)N2Cc1cnc[nH]1. The molecule has 1 aromatic carbocycles. The predicted molar refractivity (Wildman–Crippen MR) is 103 cm³/mol. The molecule has 4 rings (SSSR count). The van der Waals surface area contributed by atoms with Gasteiger partial charge in [-0.3, -0.25) is 0 Å². The maximum absolute atomic E-state index is 4.22. The Morgan fingerprint density at radius 2 is 2.08 bits per heavy atom. The van der Waals surface area contributed by atoms with Crippen LogP contribution in [-0.2, 0) is 13.1 Å². The Hall–Kier alpha value is -1.81. The van der Waals surface area contributed by atoms with Crippen molar-refractivity contribution in [3.63, 3.8) is 0 Å². The number of hydrogen-bond acceptors (Lipinski definition) is 3. The molecule has 2 heterocycles. The first kappa shape index (κ1) is 16.6.